The van der Waals surface area contributed by atoms with Crippen LogP contribution in [-0.4, -0.2) is 53.6 Å². The van der Waals surface area contributed by atoms with E-state index in [0.717, 1.165) is 28.2 Å². The van der Waals surface area contributed by atoms with Crippen LogP contribution in [0, 0.1) is 11.3 Å². The SMILES string of the molecule is CCN(CC)C(=O)Cn1cc(/C=C(\C#N)C(=O)NC[C@H]2CCCO2)c2cc(Br)ccc21. The van der Waals surface area contributed by atoms with Crippen molar-refractivity contribution in [1.29, 1.82) is 5.26 Å². The topological polar surface area (TPSA) is 87.4 Å². The molecule has 7 nitrogen and oxygen atoms in total. The number of carbonyl (C=O) groups excluding carboxylic acids is 2. The molecule has 1 saturated heterocycles. The van der Waals surface area contributed by atoms with Crippen molar-refractivity contribution in [2.45, 2.75) is 39.3 Å². The van der Waals surface area contributed by atoms with Crippen LogP contribution in [0.5, 0.6) is 0 Å². The van der Waals surface area contributed by atoms with Gasteiger partial charge in [0.05, 0.1) is 6.10 Å². The van der Waals surface area contributed by atoms with Crippen LogP contribution >= 0.6 is 15.9 Å². The summed E-state index contributed by atoms with van der Waals surface area (Å²) in [5.41, 5.74) is 1.60. The molecule has 0 spiro atoms. The first-order valence-electron chi connectivity index (χ1n) is 10.5. The Kier molecular flexibility index (Phi) is 7.88. The van der Waals surface area contributed by atoms with Crippen molar-refractivity contribution in [3.63, 3.8) is 0 Å². The van der Waals surface area contributed by atoms with Gasteiger partial charge in [0.25, 0.3) is 5.91 Å². The zero-order valence-electron chi connectivity index (χ0n) is 17.9. The minimum absolute atomic E-state index is 0.00727. The molecule has 1 atom stereocenters. The zero-order chi connectivity index (χ0) is 22.4. The first-order chi connectivity index (χ1) is 15.0. The van der Waals surface area contributed by atoms with E-state index in [4.69, 9.17) is 4.74 Å². The lowest BCUT2D eigenvalue weighted by atomic mass is 10.1. The number of fused-ring (bicyclic) bond motifs is 1. The molecule has 8 heteroatoms. The maximum absolute atomic E-state index is 12.6. The number of nitrogens with zero attached hydrogens (tertiary/aromatic N) is 3. The van der Waals surface area contributed by atoms with Crippen LogP contribution in [0.25, 0.3) is 17.0 Å². The number of hydrogen-bond donors (Lipinski definition) is 1. The Bertz CT molecular complexity index is 1030. The fourth-order valence-electron chi connectivity index (χ4n) is 3.78. The Hall–Kier alpha value is -2.63. The lowest BCUT2D eigenvalue weighted by Crippen LogP contribution is -2.33. The van der Waals surface area contributed by atoms with Gasteiger partial charge in [-0.15, -0.1) is 0 Å². The average Bonchev–Trinajstić information content (AvgIpc) is 3.39. The molecule has 0 unspecified atom stereocenters. The second-order valence-corrected chi connectivity index (χ2v) is 8.37. The molecule has 0 bridgehead atoms. The monoisotopic (exact) mass is 486 g/mol. The third kappa shape index (κ3) is 5.54. The smallest absolute Gasteiger partial charge is 0.262 e. The van der Waals surface area contributed by atoms with Gasteiger partial charge >= 0.3 is 0 Å². The van der Waals surface area contributed by atoms with Crippen LogP contribution in [0.1, 0.15) is 32.3 Å². The van der Waals surface area contributed by atoms with Gasteiger partial charge in [-0.05, 0) is 51.0 Å². The number of likely N-dealkylation sites (N-methyl/N-ethyl adjacent to an activating group) is 1. The number of aromatic nitrogens is 1. The normalized spacial score (nSPS) is 16.3. The number of benzene rings is 1. The van der Waals surface area contributed by atoms with E-state index in [0.29, 0.717) is 31.8 Å². The van der Waals surface area contributed by atoms with E-state index in [1.807, 2.05) is 48.9 Å². The highest BCUT2D eigenvalue weighted by Gasteiger charge is 2.19. The molecule has 1 aromatic heterocycles. The Morgan fingerprint density at radius 3 is 2.81 bits per heavy atom. The van der Waals surface area contributed by atoms with Crippen molar-refractivity contribution in [1.82, 2.24) is 14.8 Å². The zero-order valence-corrected chi connectivity index (χ0v) is 19.4. The van der Waals surface area contributed by atoms with Crippen molar-refractivity contribution in [3.05, 3.63) is 40.0 Å². The molecule has 2 heterocycles. The Labute approximate surface area is 190 Å². The Morgan fingerprint density at radius 2 is 2.16 bits per heavy atom. The van der Waals surface area contributed by atoms with E-state index >= 15 is 0 Å². The highest BCUT2D eigenvalue weighted by molar-refractivity contribution is 9.10. The summed E-state index contributed by atoms with van der Waals surface area (Å²) in [6.45, 7) is 6.50. The predicted molar refractivity (Wildman–Crippen MR) is 123 cm³/mol. The molecule has 1 aliphatic rings. The Morgan fingerprint density at radius 1 is 1.39 bits per heavy atom. The molecule has 0 radical (unpaired) electrons. The molecule has 1 N–H and O–H groups in total. The summed E-state index contributed by atoms with van der Waals surface area (Å²) in [4.78, 5) is 27.0. The van der Waals surface area contributed by atoms with Gasteiger partial charge in [0.15, 0.2) is 0 Å². The van der Waals surface area contributed by atoms with Gasteiger partial charge in [-0.2, -0.15) is 5.26 Å². The number of rotatable bonds is 8. The van der Waals surface area contributed by atoms with Crippen LogP contribution in [0.15, 0.2) is 34.4 Å². The standard InChI is InChI=1S/C23H27BrN4O3/c1-3-27(4-2)22(29)15-28-14-17(20-11-18(24)7-8-21(20)28)10-16(12-25)23(30)26-13-19-6-5-9-31-19/h7-8,10-11,14,19H,3-6,9,13,15H2,1-2H3,(H,26,30)/b16-10+/t19-/m1/s1. The number of amides is 2. The number of ether oxygens (including phenoxy) is 1. The van der Waals surface area contributed by atoms with Crippen LogP contribution in [0.3, 0.4) is 0 Å². The molecule has 3 rings (SSSR count). The van der Waals surface area contributed by atoms with Gasteiger partial charge in [-0.1, -0.05) is 15.9 Å². The van der Waals surface area contributed by atoms with E-state index in [-0.39, 0.29) is 24.1 Å². The first-order valence-corrected chi connectivity index (χ1v) is 11.3. The molecular weight excluding hydrogens is 460 g/mol. The lowest BCUT2D eigenvalue weighted by Gasteiger charge is -2.19. The number of nitrogens with one attached hydrogen (secondary N) is 1. The maximum Gasteiger partial charge on any atom is 0.262 e. The quantitative estimate of drug-likeness (QED) is 0.456. The third-order valence-electron chi connectivity index (χ3n) is 5.47. The summed E-state index contributed by atoms with van der Waals surface area (Å²) in [7, 11) is 0. The molecule has 2 aromatic rings. The van der Waals surface area contributed by atoms with Gasteiger partial charge in [-0.3, -0.25) is 9.59 Å². The largest absolute Gasteiger partial charge is 0.376 e. The number of hydrogen-bond acceptors (Lipinski definition) is 4. The fraction of sp³-hybridized carbons (Fsp3) is 0.435. The molecular formula is C23H27BrN4O3. The average molecular weight is 487 g/mol. The van der Waals surface area contributed by atoms with Gasteiger partial charge in [0.1, 0.15) is 18.2 Å². The molecule has 1 fully saturated rings. The molecule has 1 aliphatic heterocycles. The highest BCUT2D eigenvalue weighted by Crippen LogP contribution is 2.27. The lowest BCUT2D eigenvalue weighted by molar-refractivity contribution is -0.131. The second-order valence-electron chi connectivity index (χ2n) is 7.45. The van der Waals surface area contributed by atoms with E-state index in [1.54, 1.807) is 11.0 Å². The van der Waals surface area contributed by atoms with Crippen LogP contribution in [-0.2, 0) is 20.9 Å². The van der Waals surface area contributed by atoms with Crippen LogP contribution in [0.4, 0.5) is 0 Å². The molecule has 1 aromatic carbocycles. The molecule has 2 amide bonds. The van der Waals surface area contributed by atoms with E-state index in [9.17, 15) is 14.9 Å². The number of nitriles is 1. The molecule has 0 saturated carbocycles. The van der Waals surface area contributed by atoms with Crippen molar-refractivity contribution in [2.24, 2.45) is 0 Å². The summed E-state index contributed by atoms with van der Waals surface area (Å²) in [5, 5.41) is 13.2. The maximum atomic E-state index is 12.6. The van der Waals surface area contributed by atoms with Gasteiger partial charge in [0.2, 0.25) is 5.91 Å². The van der Waals surface area contributed by atoms with E-state index < -0.39 is 5.91 Å². The first kappa shape index (κ1) is 23.0. The minimum Gasteiger partial charge on any atom is -0.376 e. The van der Waals surface area contributed by atoms with E-state index in [2.05, 4.69) is 21.2 Å². The Balaban J connectivity index is 1.89. The van der Waals surface area contributed by atoms with Crippen molar-refractivity contribution >= 4 is 44.7 Å². The summed E-state index contributed by atoms with van der Waals surface area (Å²) in [6.07, 6.45) is 5.31. The number of carbonyl (C=O) groups is 2. The van der Waals surface area contributed by atoms with Gasteiger partial charge in [-0.25, -0.2) is 0 Å². The molecule has 31 heavy (non-hydrogen) atoms. The predicted octanol–water partition coefficient (Wildman–Crippen LogP) is 3.47. The van der Waals surface area contributed by atoms with Crippen LogP contribution in [0.2, 0.25) is 0 Å². The number of halogens is 1. The molecule has 0 aliphatic carbocycles. The summed E-state index contributed by atoms with van der Waals surface area (Å²) in [5.74, 6) is -0.400. The van der Waals surface area contributed by atoms with Crippen molar-refractivity contribution in [2.75, 3.05) is 26.2 Å². The van der Waals surface area contributed by atoms with E-state index in [1.165, 1.54) is 0 Å². The second kappa shape index (κ2) is 10.6. The van der Waals surface area contributed by atoms with Gasteiger partial charge < -0.3 is 19.5 Å². The molecule has 164 valence electrons. The summed E-state index contributed by atoms with van der Waals surface area (Å²) in [6, 6.07) is 7.77. The van der Waals surface area contributed by atoms with Crippen LogP contribution < -0.4 is 5.32 Å². The third-order valence-corrected chi connectivity index (χ3v) is 5.97. The summed E-state index contributed by atoms with van der Waals surface area (Å²) >= 11 is 3.48. The fourth-order valence-corrected chi connectivity index (χ4v) is 4.14. The highest BCUT2D eigenvalue weighted by atomic mass is 79.9. The van der Waals surface area contributed by atoms with Crippen molar-refractivity contribution < 1.29 is 14.3 Å². The summed E-state index contributed by atoms with van der Waals surface area (Å²) < 4.78 is 8.27. The van der Waals surface area contributed by atoms with Crippen molar-refractivity contribution in [3.8, 4) is 6.07 Å². The van der Waals surface area contributed by atoms with Gasteiger partial charge in [0, 0.05) is 53.4 Å². The minimum atomic E-state index is -0.423.